The summed E-state index contributed by atoms with van der Waals surface area (Å²) in [5, 5.41) is 2.56. The summed E-state index contributed by atoms with van der Waals surface area (Å²) in [4.78, 5) is 24.1. The van der Waals surface area contributed by atoms with Gasteiger partial charge in [-0.1, -0.05) is 6.42 Å². The van der Waals surface area contributed by atoms with E-state index in [2.05, 4.69) is 5.32 Å². The van der Waals surface area contributed by atoms with E-state index in [4.69, 9.17) is 27.9 Å². The van der Waals surface area contributed by atoms with Crippen LogP contribution in [0.4, 0.5) is 5.69 Å². The number of hydrogen-bond acceptors (Lipinski definition) is 5. The topological polar surface area (TPSA) is 92.8 Å². The highest BCUT2D eigenvalue weighted by molar-refractivity contribution is 7.89. The number of alkyl halides is 2. The Balaban J connectivity index is 1.54. The summed E-state index contributed by atoms with van der Waals surface area (Å²) < 4.78 is 30.5. The minimum Gasteiger partial charge on any atom is -0.455 e. The minimum atomic E-state index is -3.52. The maximum atomic E-state index is 12.6. The van der Waals surface area contributed by atoms with Gasteiger partial charge in [0.15, 0.2) is 6.61 Å². The molecule has 10 heteroatoms. The van der Waals surface area contributed by atoms with E-state index in [0.29, 0.717) is 18.8 Å². The molecule has 1 heterocycles. The zero-order valence-corrected chi connectivity index (χ0v) is 17.7. The Morgan fingerprint density at radius 3 is 2.25 bits per heavy atom. The first kappa shape index (κ1) is 21.4. The largest absolute Gasteiger partial charge is 0.455 e. The Morgan fingerprint density at radius 2 is 1.71 bits per heavy atom. The van der Waals surface area contributed by atoms with E-state index >= 15 is 0 Å². The Labute approximate surface area is 174 Å². The number of ether oxygens (including phenoxy) is 1. The molecule has 7 nitrogen and oxygen atoms in total. The zero-order valence-electron chi connectivity index (χ0n) is 15.4. The van der Waals surface area contributed by atoms with Gasteiger partial charge in [0.25, 0.3) is 5.91 Å². The first-order valence-electron chi connectivity index (χ1n) is 9.01. The van der Waals surface area contributed by atoms with Crippen LogP contribution in [-0.2, 0) is 24.3 Å². The lowest BCUT2D eigenvalue weighted by Crippen LogP contribution is -2.35. The predicted octanol–water partition coefficient (Wildman–Crippen LogP) is 2.93. The summed E-state index contributed by atoms with van der Waals surface area (Å²) in [5.74, 6) is -1.17. The Bertz CT molecular complexity index is 866. The number of piperidine rings is 1. The molecule has 1 aliphatic heterocycles. The molecular weight excluding hydrogens is 427 g/mol. The fourth-order valence-electron chi connectivity index (χ4n) is 3.07. The highest BCUT2D eigenvalue weighted by Gasteiger charge is 2.69. The van der Waals surface area contributed by atoms with E-state index in [1.54, 1.807) is 6.92 Å². The van der Waals surface area contributed by atoms with Crippen LogP contribution < -0.4 is 5.32 Å². The molecule has 1 amide bonds. The second-order valence-corrected chi connectivity index (χ2v) is 10.7. The van der Waals surface area contributed by atoms with Crippen LogP contribution in [0.2, 0.25) is 0 Å². The molecule has 0 radical (unpaired) electrons. The third-order valence-corrected chi connectivity index (χ3v) is 8.15. The molecule has 154 valence electrons. The van der Waals surface area contributed by atoms with Crippen molar-refractivity contribution in [3.63, 3.8) is 0 Å². The fraction of sp³-hybridized carbons (Fsp3) is 0.556. The molecule has 1 saturated heterocycles. The quantitative estimate of drug-likeness (QED) is 0.533. The number of hydrogen-bond donors (Lipinski definition) is 1. The molecule has 1 aliphatic carbocycles. The molecule has 1 N–H and O–H groups in total. The van der Waals surface area contributed by atoms with Crippen LogP contribution in [0.15, 0.2) is 29.2 Å². The number of amides is 1. The Hall–Kier alpha value is -1.35. The number of anilines is 1. The Morgan fingerprint density at radius 1 is 1.14 bits per heavy atom. The van der Waals surface area contributed by atoms with Gasteiger partial charge in [0.2, 0.25) is 10.0 Å². The molecule has 3 rings (SSSR count). The summed E-state index contributed by atoms with van der Waals surface area (Å²) in [6, 6.07) is 5.90. The molecule has 0 unspecified atom stereocenters. The molecule has 0 bridgehead atoms. The van der Waals surface area contributed by atoms with Gasteiger partial charge in [0.1, 0.15) is 9.75 Å². The van der Waals surface area contributed by atoms with Crippen molar-refractivity contribution in [2.24, 2.45) is 5.41 Å². The van der Waals surface area contributed by atoms with Crippen molar-refractivity contribution in [1.29, 1.82) is 0 Å². The van der Waals surface area contributed by atoms with E-state index in [1.165, 1.54) is 28.6 Å². The molecule has 0 aromatic heterocycles. The van der Waals surface area contributed by atoms with Gasteiger partial charge in [-0.15, -0.1) is 23.2 Å². The number of carbonyl (C=O) groups excluding carboxylic acids is 2. The molecule has 28 heavy (non-hydrogen) atoms. The molecule has 2 fully saturated rings. The van der Waals surface area contributed by atoms with Gasteiger partial charge >= 0.3 is 5.97 Å². The van der Waals surface area contributed by atoms with Crippen molar-refractivity contribution in [1.82, 2.24) is 4.31 Å². The molecule has 2 aliphatic rings. The molecule has 0 spiro atoms. The molecular formula is C18H22Cl2N2O5S. The second-order valence-electron chi connectivity index (χ2n) is 7.33. The lowest BCUT2D eigenvalue weighted by molar-refractivity contribution is -0.152. The zero-order chi connectivity index (χ0) is 20.6. The lowest BCUT2D eigenvalue weighted by atomic mass is 10.1. The average Bonchev–Trinajstić information content (AvgIpc) is 3.20. The molecule has 1 atom stereocenters. The maximum absolute atomic E-state index is 12.6. The highest BCUT2D eigenvalue weighted by atomic mass is 35.5. The number of nitrogens with zero attached hydrogens (tertiary/aromatic N) is 1. The monoisotopic (exact) mass is 448 g/mol. The van der Waals surface area contributed by atoms with Crippen molar-refractivity contribution in [3.8, 4) is 0 Å². The summed E-state index contributed by atoms with van der Waals surface area (Å²) in [5.41, 5.74) is -0.596. The van der Waals surface area contributed by atoms with E-state index in [1.807, 2.05) is 0 Å². The minimum absolute atomic E-state index is 0.182. The number of esters is 1. The van der Waals surface area contributed by atoms with Crippen LogP contribution >= 0.6 is 23.2 Å². The molecule has 1 saturated carbocycles. The van der Waals surface area contributed by atoms with Gasteiger partial charge in [0.05, 0.1) is 4.90 Å². The van der Waals surface area contributed by atoms with Gasteiger partial charge in [-0.2, -0.15) is 4.31 Å². The van der Waals surface area contributed by atoms with Crippen LogP contribution in [0.1, 0.15) is 32.6 Å². The van der Waals surface area contributed by atoms with E-state index in [0.717, 1.165) is 19.3 Å². The van der Waals surface area contributed by atoms with Gasteiger partial charge in [-0.05, 0) is 44.0 Å². The van der Waals surface area contributed by atoms with E-state index < -0.39 is 38.3 Å². The fourth-order valence-corrected chi connectivity index (χ4v) is 5.28. The summed E-state index contributed by atoms with van der Waals surface area (Å²) in [7, 11) is -3.52. The smallest absolute Gasteiger partial charge is 0.315 e. The lowest BCUT2D eigenvalue weighted by Gasteiger charge is -2.25. The molecule has 1 aromatic rings. The standard InChI is InChI=1S/C18H22Cl2N2O5S/c1-17(12-18(17,19)20)16(24)27-11-15(23)21-13-5-7-14(8-6-13)28(25,26)22-9-3-2-4-10-22/h5-8H,2-4,9-12H2,1H3,(H,21,23)/t17-/m0/s1. The van der Waals surface area contributed by atoms with E-state index in [9.17, 15) is 18.0 Å². The highest BCUT2D eigenvalue weighted by Crippen LogP contribution is 2.64. The summed E-state index contributed by atoms with van der Waals surface area (Å²) >= 11 is 11.8. The van der Waals surface area contributed by atoms with E-state index in [-0.39, 0.29) is 11.3 Å². The van der Waals surface area contributed by atoms with Crippen LogP contribution in [0.3, 0.4) is 0 Å². The normalized spacial score (nSPS) is 24.4. The van der Waals surface area contributed by atoms with Crippen molar-refractivity contribution in [2.75, 3.05) is 25.0 Å². The van der Waals surface area contributed by atoms with Crippen LogP contribution in [0, 0.1) is 5.41 Å². The van der Waals surface area contributed by atoms with Gasteiger partial charge in [-0.25, -0.2) is 8.42 Å². The third kappa shape index (κ3) is 4.30. The van der Waals surface area contributed by atoms with Gasteiger partial charge in [-0.3, -0.25) is 9.59 Å². The second kappa shape index (κ2) is 7.82. The number of rotatable bonds is 6. The first-order valence-corrected chi connectivity index (χ1v) is 11.2. The number of halogens is 2. The maximum Gasteiger partial charge on any atom is 0.315 e. The van der Waals surface area contributed by atoms with Crippen molar-refractivity contribution in [3.05, 3.63) is 24.3 Å². The summed E-state index contributed by atoms with van der Waals surface area (Å²) in [6.45, 7) is 2.15. The Kier molecular flexibility index (Phi) is 5.96. The summed E-state index contributed by atoms with van der Waals surface area (Å²) in [6.07, 6.45) is 3.04. The first-order chi connectivity index (χ1) is 13.1. The van der Waals surface area contributed by atoms with Crippen LogP contribution in [0.25, 0.3) is 0 Å². The van der Waals surface area contributed by atoms with Crippen molar-refractivity contribution < 1.29 is 22.7 Å². The number of sulfonamides is 1. The SMILES string of the molecule is C[C@@]1(C(=O)OCC(=O)Nc2ccc(S(=O)(=O)N3CCCCC3)cc2)CC1(Cl)Cl. The van der Waals surface area contributed by atoms with Crippen molar-refractivity contribution in [2.45, 2.75) is 41.8 Å². The van der Waals surface area contributed by atoms with Crippen molar-refractivity contribution >= 4 is 50.8 Å². The van der Waals surface area contributed by atoms with Gasteiger partial charge < -0.3 is 10.1 Å². The average molecular weight is 449 g/mol. The number of carbonyl (C=O) groups is 2. The predicted molar refractivity (Wildman–Crippen MR) is 106 cm³/mol. The molecule has 1 aromatic carbocycles. The van der Waals surface area contributed by atoms with Crippen LogP contribution in [-0.4, -0.2) is 48.6 Å². The third-order valence-electron chi connectivity index (χ3n) is 5.13. The number of nitrogens with one attached hydrogen (secondary N) is 1. The number of benzene rings is 1. The van der Waals surface area contributed by atoms with Crippen LogP contribution in [0.5, 0.6) is 0 Å². The van der Waals surface area contributed by atoms with Gasteiger partial charge in [0, 0.05) is 25.2 Å².